The first-order valence-corrected chi connectivity index (χ1v) is 10.4. The molecule has 0 atom stereocenters. The van der Waals surface area contributed by atoms with Gasteiger partial charge in [-0.15, -0.1) is 0 Å². The zero-order chi connectivity index (χ0) is 22.7. The molecule has 0 radical (unpaired) electrons. The number of para-hydroxylation sites is 2. The molecule has 32 heavy (non-hydrogen) atoms. The van der Waals surface area contributed by atoms with Gasteiger partial charge in [0.2, 0.25) is 5.91 Å². The summed E-state index contributed by atoms with van der Waals surface area (Å²) in [6.07, 6.45) is 0. The Morgan fingerprint density at radius 3 is 2.41 bits per heavy atom. The Hall–Kier alpha value is -3.98. The third-order valence-corrected chi connectivity index (χ3v) is 5.42. The molecule has 3 N–H and O–H groups in total. The Labute approximate surface area is 190 Å². The summed E-state index contributed by atoms with van der Waals surface area (Å²) < 4.78 is 1.76. The van der Waals surface area contributed by atoms with Gasteiger partial charge < -0.3 is 15.6 Å². The standard InChI is InChI=1S/C23H17BrN4O4/c24-17-8-4-5-9-18(17)26-20(29)13-25-21(30)14-10-11-16-19(12-14)27-23(32)28(22(16)31)15-6-2-1-3-7-15/h1-12H,13H2,(H,25,30)(H,26,29)(H,27,32). The fourth-order valence-electron chi connectivity index (χ4n) is 3.19. The largest absolute Gasteiger partial charge is 0.343 e. The molecule has 2 amide bonds. The fourth-order valence-corrected chi connectivity index (χ4v) is 3.57. The van der Waals surface area contributed by atoms with Crippen molar-refractivity contribution in [3.05, 3.63) is 104 Å². The number of fused-ring (bicyclic) bond motifs is 1. The van der Waals surface area contributed by atoms with Crippen molar-refractivity contribution in [3.8, 4) is 5.69 Å². The molecule has 160 valence electrons. The number of rotatable bonds is 5. The van der Waals surface area contributed by atoms with Crippen molar-refractivity contribution in [1.82, 2.24) is 14.9 Å². The summed E-state index contributed by atoms with van der Waals surface area (Å²) >= 11 is 3.34. The quantitative estimate of drug-likeness (QED) is 0.397. The Bertz CT molecular complexity index is 1440. The topological polar surface area (TPSA) is 113 Å². The minimum atomic E-state index is -0.612. The van der Waals surface area contributed by atoms with Gasteiger partial charge in [0.1, 0.15) is 0 Å². The van der Waals surface area contributed by atoms with Crippen LogP contribution in [0, 0.1) is 0 Å². The van der Waals surface area contributed by atoms with E-state index in [1.807, 2.05) is 6.07 Å². The molecule has 0 unspecified atom stereocenters. The highest BCUT2D eigenvalue weighted by Gasteiger charge is 2.13. The van der Waals surface area contributed by atoms with E-state index in [-0.39, 0.29) is 23.0 Å². The molecule has 4 rings (SSSR count). The van der Waals surface area contributed by atoms with Gasteiger partial charge in [-0.05, 0) is 58.4 Å². The zero-order valence-corrected chi connectivity index (χ0v) is 18.2. The zero-order valence-electron chi connectivity index (χ0n) is 16.6. The summed E-state index contributed by atoms with van der Waals surface area (Å²) in [6, 6.07) is 20.0. The molecule has 0 saturated heterocycles. The van der Waals surface area contributed by atoms with Crippen molar-refractivity contribution >= 4 is 44.3 Å². The maximum Gasteiger partial charge on any atom is 0.333 e. The number of aromatic nitrogens is 2. The van der Waals surface area contributed by atoms with Crippen molar-refractivity contribution in [2.75, 3.05) is 11.9 Å². The SMILES string of the molecule is O=C(CNC(=O)c1ccc2c(=O)n(-c3ccccc3)c(=O)[nH]c2c1)Nc1ccccc1Br. The normalized spacial score (nSPS) is 10.7. The van der Waals surface area contributed by atoms with Gasteiger partial charge in [0.05, 0.1) is 28.8 Å². The van der Waals surface area contributed by atoms with Crippen LogP contribution in [0.4, 0.5) is 5.69 Å². The van der Waals surface area contributed by atoms with Crippen LogP contribution in [0.5, 0.6) is 0 Å². The Morgan fingerprint density at radius 2 is 1.66 bits per heavy atom. The molecule has 0 aliphatic heterocycles. The number of hydrogen-bond acceptors (Lipinski definition) is 4. The maximum absolute atomic E-state index is 12.8. The van der Waals surface area contributed by atoms with Crippen molar-refractivity contribution in [1.29, 1.82) is 0 Å². The summed E-state index contributed by atoms with van der Waals surface area (Å²) in [5.74, 6) is -0.910. The minimum absolute atomic E-state index is 0.207. The molecule has 1 aromatic heterocycles. The van der Waals surface area contributed by atoms with Crippen LogP contribution in [0.25, 0.3) is 16.6 Å². The first-order valence-electron chi connectivity index (χ1n) is 9.61. The number of anilines is 1. The van der Waals surface area contributed by atoms with E-state index < -0.39 is 23.1 Å². The van der Waals surface area contributed by atoms with Crippen LogP contribution in [0.1, 0.15) is 10.4 Å². The van der Waals surface area contributed by atoms with Gasteiger partial charge in [0.15, 0.2) is 0 Å². The lowest BCUT2D eigenvalue weighted by atomic mass is 10.1. The number of carbonyl (C=O) groups is 2. The smallest absolute Gasteiger partial charge is 0.333 e. The number of benzene rings is 3. The average Bonchev–Trinajstić information content (AvgIpc) is 2.79. The second-order valence-electron chi connectivity index (χ2n) is 6.88. The molecule has 9 heteroatoms. The van der Waals surface area contributed by atoms with E-state index in [1.165, 1.54) is 18.2 Å². The van der Waals surface area contributed by atoms with Crippen molar-refractivity contribution in [2.24, 2.45) is 0 Å². The van der Waals surface area contributed by atoms with Crippen molar-refractivity contribution < 1.29 is 9.59 Å². The van der Waals surface area contributed by atoms with E-state index in [0.717, 1.165) is 9.04 Å². The number of aromatic amines is 1. The lowest BCUT2D eigenvalue weighted by molar-refractivity contribution is -0.115. The van der Waals surface area contributed by atoms with Crippen LogP contribution in [0.3, 0.4) is 0 Å². The van der Waals surface area contributed by atoms with Crippen LogP contribution in [-0.2, 0) is 4.79 Å². The first-order chi connectivity index (χ1) is 15.4. The highest BCUT2D eigenvalue weighted by molar-refractivity contribution is 9.10. The van der Waals surface area contributed by atoms with Gasteiger partial charge in [-0.25, -0.2) is 9.36 Å². The molecule has 1 heterocycles. The maximum atomic E-state index is 12.8. The third kappa shape index (κ3) is 4.37. The summed E-state index contributed by atoms with van der Waals surface area (Å²) in [6.45, 7) is -0.246. The molecular weight excluding hydrogens is 476 g/mol. The van der Waals surface area contributed by atoms with Crippen molar-refractivity contribution in [2.45, 2.75) is 0 Å². The Kier molecular flexibility index (Phi) is 6.00. The molecule has 4 aromatic rings. The van der Waals surface area contributed by atoms with Gasteiger partial charge in [0, 0.05) is 10.0 Å². The van der Waals surface area contributed by atoms with Gasteiger partial charge in [0.25, 0.3) is 11.5 Å². The van der Waals surface area contributed by atoms with E-state index in [0.29, 0.717) is 11.4 Å². The van der Waals surface area contributed by atoms with Gasteiger partial charge >= 0.3 is 5.69 Å². The lowest BCUT2D eigenvalue weighted by Crippen LogP contribution is -2.34. The summed E-state index contributed by atoms with van der Waals surface area (Å²) in [5.41, 5.74) is 0.369. The van der Waals surface area contributed by atoms with Crippen LogP contribution >= 0.6 is 15.9 Å². The van der Waals surface area contributed by atoms with E-state index in [9.17, 15) is 19.2 Å². The minimum Gasteiger partial charge on any atom is -0.343 e. The average molecular weight is 493 g/mol. The van der Waals surface area contributed by atoms with E-state index in [4.69, 9.17) is 0 Å². The number of H-pyrrole nitrogens is 1. The number of carbonyl (C=O) groups excluding carboxylic acids is 2. The molecule has 0 aliphatic rings. The predicted molar refractivity (Wildman–Crippen MR) is 125 cm³/mol. The van der Waals surface area contributed by atoms with Gasteiger partial charge in [-0.1, -0.05) is 30.3 Å². The molecule has 0 spiro atoms. The number of hydrogen-bond donors (Lipinski definition) is 3. The lowest BCUT2D eigenvalue weighted by Gasteiger charge is -2.09. The van der Waals surface area contributed by atoms with Crippen molar-refractivity contribution in [3.63, 3.8) is 0 Å². The molecule has 0 bridgehead atoms. The van der Waals surface area contributed by atoms with Crippen LogP contribution in [-0.4, -0.2) is 27.9 Å². The highest BCUT2D eigenvalue weighted by atomic mass is 79.9. The van der Waals surface area contributed by atoms with Gasteiger partial charge in [-0.2, -0.15) is 0 Å². The number of halogens is 1. The number of nitrogens with one attached hydrogen (secondary N) is 3. The third-order valence-electron chi connectivity index (χ3n) is 4.73. The summed E-state index contributed by atoms with van der Waals surface area (Å²) in [5, 5.41) is 5.48. The van der Waals surface area contributed by atoms with Crippen LogP contribution in [0.15, 0.2) is 86.9 Å². The molecule has 0 fully saturated rings. The molecule has 0 saturated carbocycles. The second kappa shape index (κ2) is 9.03. The van der Waals surface area contributed by atoms with Gasteiger partial charge in [-0.3, -0.25) is 14.4 Å². The van der Waals surface area contributed by atoms with Crippen LogP contribution in [0.2, 0.25) is 0 Å². The number of nitrogens with zero attached hydrogens (tertiary/aromatic N) is 1. The Morgan fingerprint density at radius 1 is 0.938 bits per heavy atom. The predicted octanol–water partition coefficient (Wildman–Crippen LogP) is 2.81. The molecule has 0 aliphatic carbocycles. The molecule has 8 nitrogen and oxygen atoms in total. The second-order valence-corrected chi connectivity index (χ2v) is 7.73. The molecule has 3 aromatic carbocycles. The van der Waals surface area contributed by atoms with E-state index >= 15 is 0 Å². The van der Waals surface area contributed by atoms with Crippen LogP contribution < -0.4 is 21.9 Å². The van der Waals surface area contributed by atoms with E-state index in [2.05, 4.69) is 31.5 Å². The molecular formula is C23H17BrN4O4. The highest BCUT2D eigenvalue weighted by Crippen LogP contribution is 2.20. The fraction of sp³-hybridized carbons (Fsp3) is 0.0435. The first kappa shape index (κ1) is 21.3. The Balaban J connectivity index is 1.53. The van der Waals surface area contributed by atoms with E-state index in [1.54, 1.807) is 48.5 Å². The summed E-state index contributed by atoms with van der Waals surface area (Å²) in [4.78, 5) is 52.6. The number of amides is 2. The monoisotopic (exact) mass is 492 g/mol. The summed E-state index contributed by atoms with van der Waals surface area (Å²) in [7, 11) is 0.